The fraction of sp³-hybridized carbons (Fsp3) is 0.0833. The number of nitrogens with zero attached hydrogens (tertiary/aromatic N) is 2. The molecule has 2 heterocycles. The molecule has 0 unspecified atom stereocenters. The van der Waals surface area contributed by atoms with Crippen molar-refractivity contribution in [3.05, 3.63) is 57.0 Å². The first-order valence-corrected chi connectivity index (χ1v) is 5.43. The van der Waals surface area contributed by atoms with Crippen LogP contribution in [-0.4, -0.2) is 19.5 Å². The summed E-state index contributed by atoms with van der Waals surface area (Å²) in [5, 5.41) is 0. The number of aromatic amines is 2. The van der Waals surface area contributed by atoms with Crippen molar-refractivity contribution in [2.75, 3.05) is 0 Å². The van der Waals surface area contributed by atoms with E-state index in [9.17, 15) is 9.59 Å². The fourth-order valence-electron chi connectivity index (χ4n) is 1.99. The van der Waals surface area contributed by atoms with Crippen LogP contribution in [0.15, 0.2) is 40.2 Å². The van der Waals surface area contributed by atoms with Gasteiger partial charge in [-0.1, -0.05) is 18.2 Å². The van der Waals surface area contributed by atoms with E-state index in [2.05, 4.69) is 15.0 Å². The molecular formula is C12H10N4O2. The topological polar surface area (TPSA) is 83.5 Å². The molecule has 6 heteroatoms. The van der Waals surface area contributed by atoms with Crippen LogP contribution >= 0.6 is 0 Å². The Hall–Kier alpha value is -2.63. The highest BCUT2D eigenvalue weighted by molar-refractivity contribution is 5.72. The molecule has 0 spiro atoms. The van der Waals surface area contributed by atoms with Gasteiger partial charge >= 0.3 is 5.69 Å². The van der Waals surface area contributed by atoms with Gasteiger partial charge in [-0.2, -0.15) is 0 Å². The van der Waals surface area contributed by atoms with E-state index in [4.69, 9.17) is 0 Å². The van der Waals surface area contributed by atoms with Crippen molar-refractivity contribution in [2.24, 2.45) is 0 Å². The third-order valence-corrected chi connectivity index (χ3v) is 2.84. The van der Waals surface area contributed by atoms with Crippen LogP contribution in [0, 0.1) is 6.92 Å². The Morgan fingerprint density at radius 1 is 1.22 bits per heavy atom. The highest BCUT2D eigenvalue weighted by Gasteiger charge is 2.13. The molecule has 3 rings (SSSR count). The van der Waals surface area contributed by atoms with Gasteiger partial charge in [0.1, 0.15) is 0 Å². The Bertz CT molecular complexity index is 841. The predicted molar refractivity (Wildman–Crippen MR) is 67.0 cm³/mol. The number of hydrogen-bond donors (Lipinski definition) is 2. The summed E-state index contributed by atoms with van der Waals surface area (Å²) in [4.78, 5) is 32.8. The number of benzene rings is 1. The molecule has 0 amide bonds. The molecule has 0 aliphatic rings. The predicted octanol–water partition coefficient (Wildman–Crippen LogP) is 0.711. The SMILES string of the molecule is Cc1ccccc1-n1c(=O)[nH]c2nc[nH]c(=O)c21. The van der Waals surface area contributed by atoms with Crippen LogP contribution in [0.3, 0.4) is 0 Å². The molecule has 0 atom stereocenters. The van der Waals surface area contributed by atoms with Gasteiger partial charge in [0.25, 0.3) is 5.56 Å². The van der Waals surface area contributed by atoms with Crippen molar-refractivity contribution in [3.63, 3.8) is 0 Å². The molecule has 0 radical (unpaired) electrons. The fourth-order valence-corrected chi connectivity index (χ4v) is 1.99. The molecule has 3 aromatic rings. The molecule has 0 aliphatic heterocycles. The van der Waals surface area contributed by atoms with E-state index in [-0.39, 0.29) is 22.4 Å². The number of hydrogen-bond acceptors (Lipinski definition) is 3. The van der Waals surface area contributed by atoms with Crippen LogP contribution in [0.2, 0.25) is 0 Å². The Morgan fingerprint density at radius 3 is 2.78 bits per heavy atom. The van der Waals surface area contributed by atoms with Crippen LogP contribution in [0.4, 0.5) is 0 Å². The maximum absolute atomic E-state index is 12.0. The lowest BCUT2D eigenvalue weighted by Crippen LogP contribution is -2.19. The second-order valence-electron chi connectivity index (χ2n) is 3.98. The van der Waals surface area contributed by atoms with Gasteiger partial charge in [-0.3, -0.25) is 14.3 Å². The van der Waals surface area contributed by atoms with Crippen molar-refractivity contribution >= 4 is 11.2 Å². The van der Waals surface area contributed by atoms with Crippen LogP contribution in [0.25, 0.3) is 16.9 Å². The molecule has 6 nitrogen and oxygen atoms in total. The minimum absolute atomic E-state index is 0.233. The molecule has 0 fully saturated rings. The maximum Gasteiger partial charge on any atom is 0.332 e. The summed E-state index contributed by atoms with van der Waals surface area (Å²) in [7, 11) is 0. The molecular weight excluding hydrogens is 232 g/mol. The normalized spacial score (nSPS) is 10.9. The van der Waals surface area contributed by atoms with Gasteiger partial charge < -0.3 is 4.98 Å². The van der Waals surface area contributed by atoms with Crippen molar-refractivity contribution in [1.82, 2.24) is 19.5 Å². The maximum atomic E-state index is 12.0. The number of H-pyrrole nitrogens is 2. The van der Waals surface area contributed by atoms with Crippen LogP contribution in [0.5, 0.6) is 0 Å². The zero-order chi connectivity index (χ0) is 12.7. The number of rotatable bonds is 1. The monoisotopic (exact) mass is 242 g/mol. The van der Waals surface area contributed by atoms with E-state index < -0.39 is 0 Å². The number of aryl methyl sites for hydroxylation is 1. The lowest BCUT2D eigenvalue weighted by molar-refractivity contribution is 0.996. The Morgan fingerprint density at radius 2 is 2.00 bits per heavy atom. The van der Waals surface area contributed by atoms with Gasteiger partial charge in [0.05, 0.1) is 12.0 Å². The molecule has 18 heavy (non-hydrogen) atoms. The summed E-state index contributed by atoms with van der Waals surface area (Å²) in [6.07, 6.45) is 1.27. The van der Waals surface area contributed by atoms with Gasteiger partial charge in [0.15, 0.2) is 11.2 Å². The molecule has 0 saturated carbocycles. The lowest BCUT2D eigenvalue weighted by Gasteiger charge is -2.05. The summed E-state index contributed by atoms with van der Waals surface area (Å²) in [5.41, 5.74) is 1.38. The van der Waals surface area contributed by atoms with Crippen LogP contribution < -0.4 is 11.2 Å². The molecule has 2 N–H and O–H groups in total. The average molecular weight is 242 g/mol. The van der Waals surface area contributed by atoms with Gasteiger partial charge in [-0.05, 0) is 18.6 Å². The largest absolute Gasteiger partial charge is 0.332 e. The zero-order valence-electron chi connectivity index (χ0n) is 9.60. The standard InChI is InChI=1S/C12H10N4O2/c1-7-4-2-3-5-8(7)16-9-10(15-12(16)18)13-6-14-11(9)17/h2-6H,1H3,(H2,13,14,15,17,18). The molecule has 0 aliphatic carbocycles. The van der Waals surface area contributed by atoms with Gasteiger partial charge in [-0.25, -0.2) is 9.78 Å². The molecule has 0 saturated heterocycles. The third-order valence-electron chi connectivity index (χ3n) is 2.84. The van der Waals surface area contributed by atoms with E-state index in [1.54, 1.807) is 6.07 Å². The number of aromatic nitrogens is 4. The first-order chi connectivity index (χ1) is 8.68. The summed E-state index contributed by atoms with van der Waals surface area (Å²) >= 11 is 0. The second-order valence-corrected chi connectivity index (χ2v) is 3.98. The van der Waals surface area contributed by atoms with Crippen molar-refractivity contribution in [2.45, 2.75) is 6.92 Å². The van der Waals surface area contributed by atoms with E-state index in [0.29, 0.717) is 5.69 Å². The number of fused-ring (bicyclic) bond motifs is 1. The van der Waals surface area contributed by atoms with Gasteiger partial charge in [-0.15, -0.1) is 0 Å². The zero-order valence-corrected chi connectivity index (χ0v) is 9.60. The summed E-state index contributed by atoms with van der Waals surface area (Å²) in [5.74, 6) is 0. The number of imidazole rings is 1. The average Bonchev–Trinajstić information content (AvgIpc) is 2.68. The molecule has 1 aromatic carbocycles. The van der Waals surface area contributed by atoms with Crippen LogP contribution in [-0.2, 0) is 0 Å². The summed E-state index contributed by atoms with van der Waals surface area (Å²) in [6, 6.07) is 7.36. The third kappa shape index (κ3) is 1.39. The second kappa shape index (κ2) is 3.69. The van der Waals surface area contributed by atoms with E-state index >= 15 is 0 Å². The number of nitrogens with one attached hydrogen (secondary N) is 2. The summed E-state index contributed by atoms with van der Waals surface area (Å²) in [6.45, 7) is 1.88. The summed E-state index contributed by atoms with van der Waals surface area (Å²) < 4.78 is 1.34. The minimum atomic E-state index is -0.372. The quantitative estimate of drug-likeness (QED) is 0.659. The Balaban J connectivity index is 2.51. The molecule has 2 aromatic heterocycles. The lowest BCUT2D eigenvalue weighted by atomic mass is 10.2. The van der Waals surface area contributed by atoms with Crippen LogP contribution in [0.1, 0.15) is 5.56 Å². The van der Waals surface area contributed by atoms with Crippen molar-refractivity contribution in [1.29, 1.82) is 0 Å². The molecule has 90 valence electrons. The Labute approximate surface area is 101 Å². The highest BCUT2D eigenvalue weighted by atomic mass is 16.2. The highest BCUT2D eigenvalue weighted by Crippen LogP contribution is 2.14. The van der Waals surface area contributed by atoms with Crippen molar-refractivity contribution in [3.8, 4) is 5.69 Å². The van der Waals surface area contributed by atoms with Crippen molar-refractivity contribution < 1.29 is 0 Å². The first-order valence-electron chi connectivity index (χ1n) is 5.43. The Kier molecular flexibility index (Phi) is 2.16. The minimum Gasteiger partial charge on any atom is -0.311 e. The van der Waals surface area contributed by atoms with Gasteiger partial charge in [0.2, 0.25) is 0 Å². The van der Waals surface area contributed by atoms with Gasteiger partial charge in [0, 0.05) is 0 Å². The van der Waals surface area contributed by atoms with E-state index in [0.717, 1.165) is 5.56 Å². The van der Waals surface area contributed by atoms with E-state index in [1.807, 2.05) is 25.1 Å². The number of para-hydroxylation sites is 1. The van der Waals surface area contributed by atoms with E-state index in [1.165, 1.54) is 10.9 Å². The molecule has 0 bridgehead atoms. The smallest absolute Gasteiger partial charge is 0.311 e. The first kappa shape index (κ1) is 10.5.